The van der Waals surface area contributed by atoms with Gasteiger partial charge in [-0.25, -0.2) is 8.42 Å². The van der Waals surface area contributed by atoms with Gasteiger partial charge in [-0.3, -0.25) is 4.98 Å². The van der Waals surface area contributed by atoms with E-state index in [0.717, 1.165) is 6.26 Å². The molecule has 0 spiro atoms. The molecule has 0 saturated heterocycles. The molecule has 0 bridgehead atoms. The number of sulfone groups is 1. The van der Waals surface area contributed by atoms with Crippen molar-refractivity contribution in [2.75, 3.05) is 25.8 Å². The van der Waals surface area contributed by atoms with E-state index in [2.05, 4.69) is 16.4 Å². The molecule has 0 atom stereocenters. The van der Waals surface area contributed by atoms with Gasteiger partial charge >= 0.3 is 0 Å². The number of methoxy groups -OCH3 is 2. The van der Waals surface area contributed by atoms with Crippen LogP contribution in [-0.4, -0.2) is 33.9 Å². The van der Waals surface area contributed by atoms with Gasteiger partial charge in [0.1, 0.15) is 6.07 Å². The topological polar surface area (TPSA) is 101 Å². The lowest BCUT2D eigenvalue weighted by molar-refractivity contribution is 0.356. The number of aromatic nitrogens is 1. The Morgan fingerprint density at radius 3 is 2.41 bits per heavy atom. The van der Waals surface area contributed by atoms with E-state index < -0.39 is 9.84 Å². The van der Waals surface area contributed by atoms with E-state index >= 15 is 0 Å². The fraction of sp³-hybridized carbons (Fsp3) is 0.158. The van der Waals surface area contributed by atoms with Crippen molar-refractivity contribution in [2.45, 2.75) is 4.90 Å². The van der Waals surface area contributed by atoms with Crippen molar-refractivity contribution in [3.8, 4) is 17.6 Å². The fourth-order valence-corrected chi connectivity index (χ4v) is 3.61. The van der Waals surface area contributed by atoms with Crippen LogP contribution in [0.15, 0.2) is 47.5 Å². The molecule has 1 N–H and O–H groups in total. The van der Waals surface area contributed by atoms with E-state index in [1.165, 1.54) is 26.5 Å². The first-order valence-corrected chi connectivity index (χ1v) is 9.79. The SMILES string of the molecule is COc1cc2ncc(C#N)c(Nc3ccccc3S(C)(=O)=O)c2cc1OC. The van der Waals surface area contributed by atoms with Crippen molar-refractivity contribution in [1.82, 2.24) is 4.98 Å². The second kappa shape index (κ2) is 7.13. The quantitative estimate of drug-likeness (QED) is 0.721. The number of hydrogen-bond acceptors (Lipinski definition) is 7. The summed E-state index contributed by atoms with van der Waals surface area (Å²) in [6, 6.07) is 12.0. The minimum Gasteiger partial charge on any atom is -0.493 e. The summed E-state index contributed by atoms with van der Waals surface area (Å²) in [6.45, 7) is 0. The summed E-state index contributed by atoms with van der Waals surface area (Å²) >= 11 is 0. The zero-order valence-electron chi connectivity index (χ0n) is 15.0. The molecule has 27 heavy (non-hydrogen) atoms. The van der Waals surface area contributed by atoms with Gasteiger partial charge in [0.05, 0.1) is 41.6 Å². The molecule has 0 fully saturated rings. The van der Waals surface area contributed by atoms with Gasteiger partial charge in [0.2, 0.25) is 0 Å². The van der Waals surface area contributed by atoms with Crippen LogP contribution in [-0.2, 0) is 9.84 Å². The lowest BCUT2D eigenvalue weighted by Crippen LogP contribution is -2.04. The number of para-hydroxylation sites is 1. The van der Waals surface area contributed by atoms with Crippen LogP contribution in [0, 0.1) is 11.3 Å². The summed E-state index contributed by atoms with van der Waals surface area (Å²) in [5, 5.41) is 13.2. The van der Waals surface area contributed by atoms with Crippen molar-refractivity contribution in [1.29, 1.82) is 5.26 Å². The monoisotopic (exact) mass is 383 g/mol. The number of fused-ring (bicyclic) bond motifs is 1. The van der Waals surface area contributed by atoms with Crippen LogP contribution in [0.3, 0.4) is 0 Å². The fourth-order valence-electron chi connectivity index (χ4n) is 2.77. The second-order valence-corrected chi connectivity index (χ2v) is 7.76. The molecule has 1 heterocycles. The summed E-state index contributed by atoms with van der Waals surface area (Å²) in [4.78, 5) is 4.43. The van der Waals surface area contributed by atoms with Crippen LogP contribution >= 0.6 is 0 Å². The Labute approximate surface area is 157 Å². The highest BCUT2D eigenvalue weighted by atomic mass is 32.2. The van der Waals surface area contributed by atoms with E-state index in [-0.39, 0.29) is 10.5 Å². The Kier molecular flexibility index (Phi) is 4.88. The molecule has 0 radical (unpaired) electrons. The summed E-state index contributed by atoms with van der Waals surface area (Å²) in [5.74, 6) is 0.978. The van der Waals surface area contributed by atoms with Crippen LogP contribution in [0.1, 0.15) is 5.56 Å². The molecule has 8 heteroatoms. The molecule has 1 aromatic heterocycles. The number of rotatable bonds is 5. The zero-order valence-corrected chi connectivity index (χ0v) is 15.8. The first kappa shape index (κ1) is 18.5. The maximum Gasteiger partial charge on any atom is 0.177 e. The largest absolute Gasteiger partial charge is 0.493 e. The number of benzene rings is 2. The average Bonchev–Trinajstić information content (AvgIpc) is 2.66. The highest BCUT2D eigenvalue weighted by Gasteiger charge is 2.17. The highest BCUT2D eigenvalue weighted by molar-refractivity contribution is 7.90. The number of pyridine rings is 1. The Bertz CT molecular complexity index is 1170. The van der Waals surface area contributed by atoms with E-state index in [1.807, 2.05) is 0 Å². The molecule has 2 aromatic carbocycles. The van der Waals surface area contributed by atoms with E-state index in [0.29, 0.717) is 33.8 Å². The molecule has 0 amide bonds. The molecule has 0 aliphatic rings. The summed E-state index contributed by atoms with van der Waals surface area (Å²) < 4.78 is 34.8. The second-order valence-electron chi connectivity index (χ2n) is 5.78. The molecular weight excluding hydrogens is 366 g/mol. The lowest BCUT2D eigenvalue weighted by Gasteiger charge is -2.16. The third-order valence-electron chi connectivity index (χ3n) is 4.04. The molecule has 3 aromatic rings. The standard InChI is InChI=1S/C19H17N3O4S/c1-25-16-8-13-15(9-17(16)26-2)21-11-12(10-20)19(13)22-14-6-4-5-7-18(14)27(3,23)24/h4-9,11H,1-3H3,(H,21,22). The van der Waals surface area contributed by atoms with E-state index in [4.69, 9.17) is 9.47 Å². The Morgan fingerprint density at radius 1 is 1.11 bits per heavy atom. The number of hydrogen-bond donors (Lipinski definition) is 1. The summed E-state index contributed by atoms with van der Waals surface area (Å²) in [5.41, 5.74) is 1.67. The number of ether oxygens (including phenoxy) is 2. The zero-order chi connectivity index (χ0) is 19.6. The first-order valence-electron chi connectivity index (χ1n) is 7.90. The molecule has 3 rings (SSSR count). The molecular formula is C19H17N3O4S. The van der Waals surface area contributed by atoms with Gasteiger partial charge < -0.3 is 14.8 Å². The number of nitriles is 1. The van der Waals surface area contributed by atoms with Crippen LogP contribution in [0.2, 0.25) is 0 Å². The molecule has 138 valence electrons. The van der Waals surface area contributed by atoms with Crippen molar-refractivity contribution >= 4 is 32.1 Å². The normalized spacial score (nSPS) is 11.0. The van der Waals surface area contributed by atoms with Gasteiger partial charge in [0, 0.05) is 23.9 Å². The highest BCUT2D eigenvalue weighted by Crippen LogP contribution is 2.37. The maximum absolute atomic E-state index is 12.1. The third kappa shape index (κ3) is 3.50. The number of nitrogens with zero attached hydrogens (tertiary/aromatic N) is 2. The predicted molar refractivity (Wildman–Crippen MR) is 102 cm³/mol. The van der Waals surface area contributed by atoms with Crippen molar-refractivity contribution in [2.24, 2.45) is 0 Å². The first-order chi connectivity index (χ1) is 12.9. The Morgan fingerprint density at radius 2 is 1.78 bits per heavy atom. The maximum atomic E-state index is 12.1. The Hall–Kier alpha value is -3.31. The smallest absolute Gasteiger partial charge is 0.177 e. The summed E-state index contributed by atoms with van der Waals surface area (Å²) in [7, 11) is -0.422. The van der Waals surface area contributed by atoms with Crippen LogP contribution in [0.25, 0.3) is 10.9 Å². The van der Waals surface area contributed by atoms with Gasteiger partial charge in [-0.15, -0.1) is 0 Å². The average molecular weight is 383 g/mol. The van der Waals surface area contributed by atoms with Crippen LogP contribution < -0.4 is 14.8 Å². The molecule has 0 aliphatic carbocycles. The van der Waals surface area contributed by atoms with Crippen molar-refractivity contribution < 1.29 is 17.9 Å². The minimum absolute atomic E-state index is 0.138. The molecule has 7 nitrogen and oxygen atoms in total. The lowest BCUT2D eigenvalue weighted by atomic mass is 10.1. The minimum atomic E-state index is -3.46. The Balaban J connectivity index is 2.27. The van der Waals surface area contributed by atoms with E-state index in [9.17, 15) is 13.7 Å². The molecule has 0 saturated carbocycles. The van der Waals surface area contributed by atoms with Gasteiger partial charge in [-0.2, -0.15) is 5.26 Å². The van der Waals surface area contributed by atoms with Crippen LogP contribution in [0.4, 0.5) is 11.4 Å². The van der Waals surface area contributed by atoms with Gasteiger partial charge in [0.25, 0.3) is 0 Å². The van der Waals surface area contributed by atoms with Crippen molar-refractivity contribution in [3.63, 3.8) is 0 Å². The molecule has 0 aliphatic heterocycles. The number of anilines is 2. The number of nitrogens with one attached hydrogen (secondary N) is 1. The van der Waals surface area contributed by atoms with Crippen molar-refractivity contribution in [3.05, 3.63) is 48.2 Å². The third-order valence-corrected chi connectivity index (χ3v) is 5.19. The summed E-state index contributed by atoms with van der Waals surface area (Å²) in [6.07, 6.45) is 2.57. The van der Waals surface area contributed by atoms with Gasteiger partial charge in [-0.1, -0.05) is 12.1 Å². The van der Waals surface area contributed by atoms with Gasteiger partial charge in [0.15, 0.2) is 21.3 Å². The van der Waals surface area contributed by atoms with Gasteiger partial charge in [-0.05, 0) is 18.2 Å². The predicted octanol–water partition coefficient (Wildman–Crippen LogP) is 3.27. The van der Waals surface area contributed by atoms with Crippen LogP contribution in [0.5, 0.6) is 11.5 Å². The molecule has 0 unspecified atom stereocenters. The van der Waals surface area contributed by atoms with E-state index in [1.54, 1.807) is 30.3 Å².